The molecule has 4 nitrogen and oxygen atoms in total. The summed E-state index contributed by atoms with van der Waals surface area (Å²) in [5.41, 5.74) is 3.05. The van der Waals surface area contributed by atoms with Crippen molar-refractivity contribution in [1.29, 1.82) is 0 Å². The van der Waals surface area contributed by atoms with Gasteiger partial charge in [-0.3, -0.25) is 4.99 Å². The number of thiophene rings is 1. The minimum atomic E-state index is 0.0895. The highest BCUT2D eigenvalue weighted by atomic mass is 32.1. The van der Waals surface area contributed by atoms with Gasteiger partial charge in [-0.1, -0.05) is 19.9 Å². The molecule has 2 heterocycles. The van der Waals surface area contributed by atoms with E-state index >= 15 is 0 Å². The zero-order valence-corrected chi connectivity index (χ0v) is 14.6. The van der Waals surface area contributed by atoms with E-state index in [9.17, 15) is 0 Å². The molecule has 6 heteroatoms. The molecule has 0 aliphatic heterocycles. The topological polar surface area (TPSA) is 49.3 Å². The van der Waals surface area contributed by atoms with E-state index in [1.165, 1.54) is 9.75 Å². The van der Waals surface area contributed by atoms with E-state index < -0.39 is 0 Å². The predicted octanol–water partition coefficient (Wildman–Crippen LogP) is 3.16. The molecule has 21 heavy (non-hydrogen) atoms. The zero-order valence-electron chi connectivity index (χ0n) is 12.9. The molecule has 2 rings (SSSR count). The summed E-state index contributed by atoms with van der Waals surface area (Å²) in [5, 5.41) is 8.87. The third kappa shape index (κ3) is 4.28. The van der Waals surface area contributed by atoms with Gasteiger partial charge in [0, 0.05) is 28.8 Å². The molecule has 0 spiro atoms. The third-order valence-electron chi connectivity index (χ3n) is 3.37. The van der Waals surface area contributed by atoms with Crippen molar-refractivity contribution in [3.63, 3.8) is 0 Å². The molecule has 0 bridgehead atoms. The normalized spacial score (nSPS) is 12.5. The largest absolute Gasteiger partial charge is 0.356 e. The van der Waals surface area contributed by atoms with Crippen LogP contribution in [-0.2, 0) is 12.0 Å². The van der Waals surface area contributed by atoms with E-state index in [-0.39, 0.29) is 5.41 Å². The second-order valence-electron chi connectivity index (χ2n) is 5.50. The molecule has 0 saturated carbocycles. The monoisotopic (exact) mass is 322 g/mol. The maximum atomic E-state index is 4.28. The fraction of sp³-hybridized carbons (Fsp3) is 0.467. The number of aryl methyl sites for hydroxylation is 1. The SMILES string of the molecule is CN=C(NCc1scnc1C)NCC(C)(C)c1cccs1. The Morgan fingerprint density at radius 3 is 2.71 bits per heavy atom. The Kier molecular flexibility index (Phi) is 5.36. The third-order valence-corrected chi connectivity index (χ3v) is 5.54. The molecule has 0 saturated heterocycles. The number of hydrogen-bond donors (Lipinski definition) is 2. The van der Waals surface area contributed by atoms with Crippen LogP contribution >= 0.6 is 22.7 Å². The van der Waals surface area contributed by atoms with Crippen LogP contribution < -0.4 is 10.6 Å². The molecule has 0 atom stereocenters. The van der Waals surface area contributed by atoms with Crippen molar-refractivity contribution >= 4 is 28.6 Å². The van der Waals surface area contributed by atoms with Gasteiger partial charge in [-0.2, -0.15) is 0 Å². The molecule has 2 aromatic rings. The number of aromatic nitrogens is 1. The van der Waals surface area contributed by atoms with Gasteiger partial charge in [0.15, 0.2) is 5.96 Å². The van der Waals surface area contributed by atoms with E-state index in [0.29, 0.717) is 0 Å². The first-order chi connectivity index (χ1) is 10.0. The van der Waals surface area contributed by atoms with Crippen molar-refractivity contribution in [2.45, 2.75) is 32.7 Å². The van der Waals surface area contributed by atoms with Crippen molar-refractivity contribution < 1.29 is 0 Å². The summed E-state index contributed by atoms with van der Waals surface area (Å²) < 4.78 is 0. The molecule has 0 fully saturated rings. The average molecular weight is 323 g/mol. The van der Waals surface area contributed by atoms with Crippen LogP contribution in [0, 0.1) is 6.92 Å². The molecular weight excluding hydrogens is 300 g/mol. The maximum Gasteiger partial charge on any atom is 0.191 e. The molecule has 0 aliphatic rings. The van der Waals surface area contributed by atoms with Crippen molar-refractivity contribution in [3.8, 4) is 0 Å². The second kappa shape index (κ2) is 7.04. The van der Waals surface area contributed by atoms with E-state index in [2.05, 4.69) is 52.0 Å². The fourth-order valence-electron chi connectivity index (χ4n) is 1.94. The van der Waals surface area contributed by atoms with Gasteiger partial charge in [-0.25, -0.2) is 4.98 Å². The highest BCUT2D eigenvalue weighted by molar-refractivity contribution is 7.10. The predicted molar refractivity (Wildman–Crippen MR) is 92.4 cm³/mol. The molecular formula is C15H22N4S2. The van der Waals surface area contributed by atoms with Crippen molar-refractivity contribution in [1.82, 2.24) is 15.6 Å². The molecule has 0 aromatic carbocycles. The smallest absolute Gasteiger partial charge is 0.191 e. The summed E-state index contributed by atoms with van der Waals surface area (Å²) in [5.74, 6) is 0.826. The van der Waals surface area contributed by atoms with Crippen LogP contribution in [0.1, 0.15) is 29.3 Å². The Hall–Kier alpha value is -1.40. The van der Waals surface area contributed by atoms with Crippen LogP contribution in [0.5, 0.6) is 0 Å². The highest BCUT2D eigenvalue weighted by Gasteiger charge is 2.21. The van der Waals surface area contributed by atoms with E-state index in [1.54, 1.807) is 29.7 Å². The summed E-state index contributed by atoms with van der Waals surface area (Å²) >= 11 is 3.46. The molecule has 0 aliphatic carbocycles. The number of rotatable bonds is 5. The molecule has 2 N–H and O–H groups in total. The highest BCUT2D eigenvalue weighted by Crippen LogP contribution is 2.26. The molecule has 0 unspecified atom stereocenters. The van der Waals surface area contributed by atoms with E-state index in [1.807, 2.05) is 12.4 Å². The number of guanidine groups is 1. The van der Waals surface area contributed by atoms with Gasteiger partial charge >= 0.3 is 0 Å². The first-order valence-corrected chi connectivity index (χ1v) is 8.66. The van der Waals surface area contributed by atoms with Crippen LogP contribution in [0.25, 0.3) is 0 Å². The van der Waals surface area contributed by atoms with Crippen LogP contribution in [0.15, 0.2) is 28.0 Å². The van der Waals surface area contributed by atoms with Gasteiger partial charge in [-0.05, 0) is 18.4 Å². The van der Waals surface area contributed by atoms with E-state index in [0.717, 1.165) is 24.7 Å². The summed E-state index contributed by atoms with van der Waals surface area (Å²) in [6.45, 7) is 8.12. The molecule has 114 valence electrons. The lowest BCUT2D eigenvalue weighted by Gasteiger charge is -2.25. The number of nitrogens with one attached hydrogen (secondary N) is 2. The fourth-order valence-corrected chi connectivity index (χ4v) is 3.50. The van der Waals surface area contributed by atoms with Crippen molar-refractivity contribution in [2.24, 2.45) is 4.99 Å². The van der Waals surface area contributed by atoms with Crippen LogP contribution in [-0.4, -0.2) is 24.5 Å². The van der Waals surface area contributed by atoms with Gasteiger partial charge in [-0.15, -0.1) is 22.7 Å². The summed E-state index contributed by atoms with van der Waals surface area (Å²) in [7, 11) is 1.80. The Morgan fingerprint density at radius 1 is 1.33 bits per heavy atom. The van der Waals surface area contributed by atoms with Gasteiger partial charge in [0.2, 0.25) is 0 Å². The van der Waals surface area contributed by atoms with Gasteiger partial charge < -0.3 is 10.6 Å². The molecule has 0 amide bonds. The first-order valence-electron chi connectivity index (χ1n) is 6.90. The number of hydrogen-bond acceptors (Lipinski definition) is 4. The maximum absolute atomic E-state index is 4.28. The zero-order chi connectivity index (χ0) is 15.3. The Balaban J connectivity index is 1.87. The van der Waals surface area contributed by atoms with Crippen molar-refractivity contribution in [2.75, 3.05) is 13.6 Å². The average Bonchev–Trinajstić information content (AvgIpc) is 3.11. The lowest BCUT2D eigenvalue weighted by molar-refractivity contribution is 0.518. The lowest BCUT2D eigenvalue weighted by atomic mass is 9.91. The van der Waals surface area contributed by atoms with Gasteiger partial charge in [0.05, 0.1) is 17.7 Å². The Morgan fingerprint density at radius 2 is 2.14 bits per heavy atom. The summed E-state index contributed by atoms with van der Waals surface area (Å²) in [6.07, 6.45) is 0. The minimum Gasteiger partial charge on any atom is -0.356 e. The summed E-state index contributed by atoms with van der Waals surface area (Å²) in [6, 6.07) is 4.28. The van der Waals surface area contributed by atoms with Crippen LogP contribution in [0.3, 0.4) is 0 Å². The minimum absolute atomic E-state index is 0.0895. The van der Waals surface area contributed by atoms with Crippen LogP contribution in [0.2, 0.25) is 0 Å². The van der Waals surface area contributed by atoms with Crippen molar-refractivity contribution in [3.05, 3.63) is 38.5 Å². The summed E-state index contributed by atoms with van der Waals surface area (Å²) in [4.78, 5) is 11.2. The van der Waals surface area contributed by atoms with Gasteiger partial charge in [0.1, 0.15) is 0 Å². The Bertz CT molecular complexity index is 585. The van der Waals surface area contributed by atoms with E-state index in [4.69, 9.17) is 0 Å². The quantitative estimate of drug-likeness (QED) is 0.657. The first kappa shape index (κ1) is 16.0. The molecule has 2 aromatic heterocycles. The Labute approximate surface area is 134 Å². The van der Waals surface area contributed by atoms with Gasteiger partial charge in [0.25, 0.3) is 0 Å². The number of nitrogens with zero attached hydrogens (tertiary/aromatic N) is 2. The number of thiazole rings is 1. The molecule has 0 radical (unpaired) electrons. The lowest BCUT2D eigenvalue weighted by Crippen LogP contribution is -2.42. The second-order valence-corrected chi connectivity index (χ2v) is 7.39. The number of aliphatic imine (C=N–C) groups is 1. The van der Waals surface area contributed by atoms with Crippen LogP contribution in [0.4, 0.5) is 0 Å². The standard InChI is InChI=1S/C15H22N4S2/c1-11-12(21-10-19-11)8-17-14(16-4)18-9-15(2,3)13-6-5-7-20-13/h5-7,10H,8-9H2,1-4H3,(H2,16,17,18).